The lowest BCUT2D eigenvalue weighted by Crippen LogP contribution is -2.59. The van der Waals surface area contributed by atoms with Crippen LogP contribution in [0.4, 0.5) is 0 Å². The Hall–Kier alpha value is 0.0300. The summed E-state index contributed by atoms with van der Waals surface area (Å²) in [4.78, 5) is 0. The van der Waals surface area contributed by atoms with Crippen LogP contribution < -0.4 is 11.1 Å². The van der Waals surface area contributed by atoms with Gasteiger partial charge < -0.3 is 25.2 Å². The Morgan fingerprint density at radius 1 is 1.00 bits per heavy atom. The zero-order chi connectivity index (χ0) is 26.1. The van der Waals surface area contributed by atoms with E-state index in [9.17, 15) is 9.67 Å². The lowest BCUT2D eigenvalue weighted by molar-refractivity contribution is -0.162. The molecule has 36 heavy (non-hydrogen) atoms. The summed E-state index contributed by atoms with van der Waals surface area (Å²) in [5.74, 6) is 3.66. The maximum Gasteiger partial charge on any atom is 0.330 e. The molecule has 0 amide bonds. The normalized spacial score (nSPS) is 43.5. The zero-order valence-electron chi connectivity index (χ0n) is 23.7. The number of fused-ring (bicyclic) bond motifs is 5. The van der Waals surface area contributed by atoms with Gasteiger partial charge in [-0.1, -0.05) is 20.8 Å². The van der Waals surface area contributed by atoms with Gasteiger partial charge in [0.05, 0.1) is 25.5 Å². The fourth-order valence-electron chi connectivity index (χ4n) is 9.87. The van der Waals surface area contributed by atoms with E-state index in [0.29, 0.717) is 67.0 Å². The fourth-order valence-corrected chi connectivity index (χ4v) is 11.7. The van der Waals surface area contributed by atoms with E-state index in [4.69, 9.17) is 14.8 Å². The van der Waals surface area contributed by atoms with Crippen LogP contribution in [-0.2, 0) is 13.6 Å². The van der Waals surface area contributed by atoms with Crippen molar-refractivity contribution in [3.05, 3.63) is 0 Å². The maximum atomic E-state index is 13.1. The van der Waals surface area contributed by atoms with Gasteiger partial charge in [0, 0.05) is 19.1 Å². The van der Waals surface area contributed by atoms with Gasteiger partial charge in [-0.15, -0.1) is 0 Å². The molecular weight excluding hydrogens is 471 g/mol. The molecule has 210 valence electrons. The molecule has 4 aliphatic carbocycles. The third-order valence-corrected chi connectivity index (χ3v) is 13.6. The molecule has 0 radical (unpaired) electrons. The van der Waals surface area contributed by atoms with Crippen LogP contribution in [0.15, 0.2) is 0 Å². The van der Waals surface area contributed by atoms with Crippen molar-refractivity contribution in [2.24, 2.45) is 52.1 Å². The second-order valence-electron chi connectivity index (χ2n) is 13.2. The van der Waals surface area contributed by atoms with E-state index in [0.717, 1.165) is 31.7 Å². The Kier molecular flexibility index (Phi) is 9.39. The third-order valence-electron chi connectivity index (χ3n) is 11.5. The number of aliphatic hydroxyl groups is 1. The monoisotopic (exact) mass is 526 g/mol. The SMILES string of the molecule is CCOP(=O)(CC[C@@H](C)[C@H]1CCC2C3C[C@@H](O)[C@H]4C[C@@H](NCCN)CC[C@]4(C)C3CC[C@@]21C)OCC. The average molecular weight is 527 g/mol. The molecular formula is C29H55N2O4P. The van der Waals surface area contributed by atoms with Gasteiger partial charge in [0.2, 0.25) is 0 Å². The molecule has 4 saturated carbocycles. The van der Waals surface area contributed by atoms with Gasteiger partial charge in [-0.25, -0.2) is 0 Å². The smallest absolute Gasteiger partial charge is 0.330 e. The summed E-state index contributed by atoms with van der Waals surface area (Å²) in [6, 6.07) is 0.507. The summed E-state index contributed by atoms with van der Waals surface area (Å²) in [7, 11) is -2.99. The van der Waals surface area contributed by atoms with Gasteiger partial charge >= 0.3 is 7.60 Å². The Morgan fingerprint density at radius 2 is 1.67 bits per heavy atom. The molecule has 0 aliphatic heterocycles. The first-order chi connectivity index (χ1) is 17.1. The van der Waals surface area contributed by atoms with Crippen molar-refractivity contribution in [2.45, 2.75) is 105 Å². The van der Waals surface area contributed by atoms with Crippen LogP contribution in [0.3, 0.4) is 0 Å². The molecule has 6 nitrogen and oxygen atoms in total. The number of hydrogen-bond donors (Lipinski definition) is 3. The zero-order valence-corrected chi connectivity index (χ0v) is 24.6. The molecule has 0 saturated heterocycles. The molecule has 0 aromatic rings. The molecule has 4 rings (SSSR count). The summed E-state index contributed by atoms with van der Waals surface area (Å²) in [5, 5.41) is 15.1. The van der Waals surface area contributed by atoms with E-state index in [2.05, 4.69) is 26.1 Å². The average Bonchev–Trinajstić information content (AvgIpc) is 3.19. The van der Waals surface area contributed by atoms with Gasteiger partial charge in [0.15, 0.2) is 0 Å². The van der Waals surface area contributed by atoms with E-state index in [1.54, 1.807) is 0 Å². The molecule has 4 fully saturated rings. The second-order valence-corrected chi connectivity index (χ2v) is 15.4. The molecule has 4 N–H and O–H groups in total. The number of aliphatic hydroxyl groups excluding tert-OH is 1. The molecule has 0 heterocycles. The Morgan fingerprint density at radius 3 is 2.33 bits per heavy atom. The molecule has 3 unspecified atom stereocenters. The van der Waals surface area contributed by atoms with Gasteiger partial charge in [0.25, 0.3) is 0 Å². The Balaban J connectivity index is 1.44. The van der Waals surface area contributed by atoms with E-state index < -0.39 is 7.60 Å². The predicted octanol–water partition coefficient (Wildman–Crippen LogP) is 5.83. The Bertz CT molecular complexity index is 772. The van der Waals surface area contributed by atoms with Crippen molar-refractivity contribution < 1.29 is 18.7 Å². The molecule has 7 heteroatoms. The van der Waals surface area contributed by atoms with Crippen LogP contribution in [-0.4, -0.2) is 49.7 Å². The standard InChI is InChI=1S/C29H55N2O4P/c1-6-34-36(33,35-7-2)17-12-20(3)23-8-9-24-22-19-27(32)26-18-21(31-16-15-30)10-13-29(26,5)25(22)11-14-28(23,24)4/h20-27,31-32H,6-19,30H2,1-5H3/t20-,21+,22?,23-,24?,25?,26-,27-,28-,29-/m1/s1. The van der Waals surface area contributed by atoms with E-state index in [1.165, 1.54) is 38.5 Å². The van der Waals surface area contributed by atoms with Crippen molar-refractivity contribution in [1.82, 2.24) is 5.32 Å². The largest absolute Gasteiger partial charge is 0.393 e. The summed E-state index contributed by atoms with van der Waals surface area (Å²) in [6.07, 6.45) is 10.9. The quantitative estimate of drug-likeness (QED) is 0.294. The minimum atomic E-state index is -2.99. The first-order valence-corrected chi connectivity index (χ1v) is 16.8. The van der Waals surface area contributed by atoms with Crippen LogP contribution >= 0.6 is 7.60 Å². The lowest BCUT2D eigenvalue weighted by Gasteiger charge is -2.62. The van der Waals surface area contributed by atoms with Crippen molar-refractivity contribution in [3.8, 4) is 0 Å². The topological polar surface area (TPSA) is 93.8 Å². The van der Waals surface area contributed by atoms with Crippen LogP contribution in [0, 0.1) is 46.3 Å². The highest BCUT2D eigenvalue weighted by Gasteiger charge is 2.62. The molecule has 0 spiro atoms. The van der Waals surface area contributed by atoms with Crippen molar-refractivity contribution in [2.75, 3.05) is 32.5 Å². The van der Waals surface area contributed by atoms with Gasteiger partial charge in [0.1, 0.15) is 0 Å². The third kappa shape index (κ3) is 5.39. The molecule has 0 aromatic heterocycles. The minimum Gasteiger partial charge on any atom is -0.393 e. The minimum absolute atomic E-state index is 0.180. The molecule has 0 aromatic carbocycles. The van der Waals surface area contributed by atoms with Crippen LogP contribution in [0.25, 0.3) is 0 Å². The highest BCUT2D eigenvalue weighted by molar-refractivity contribution is 7.53. The highest BCUT2D eigenvalue weighted by atomic mass is 31.2. The highest BCUT2D eigenvalue weighted by Crippen LogP contribution is 2.68. The van der Waals surface area contributed by atoms with Gasteiger partial charge in [-0.2, -0.15) is 0 Å². The molecule has 10 atom stereocenters. The van der Waals surface area contributed by atoms with Crippen LogP contribution in [0.2, 0.25) is 0 Å². The lowest BCUT2D eigenvalue weighted by atomic mass is 9.43. The number of nitrogens with one attached hydrogen (secondary N) is 1. The van der Waals surface area contributed by atoms with E-state index >= 15 is 0 Å². The first-order valence-electron chi connectivity index (χ1n) is 15.1. The summed E-state index contributed by atoms with van der Waals surface area (Å²) in [6.45, 7) is 13.7. The number of nitrogens with two attached hydrogens (primary N) is 1. The van der Waals surface area contributed by atoms with Crippen molar-refractivity contribution >= 4 is 7.60 Å². The number of hydrogen-bond acceptors (Lipinski definition) is 6. The van der Waals surface area contributed by atoms with Gasteiger partial charge in [-0.3, -0.25) is 4.57 Å². The predicted molar refractivity (Wildman–Crippen MR) is 147 cm³/mol. The van der Waals surface area contributed by atoms with E-state index in [-0.39, 0.29) is 11.5 Å². The second kappa shape index (κ2) is 11.6. The summed E-state index contributed by atoms with van der Waals surface area (Å²) >= 11 is 0. The molecule has 0 bridgehead atoms. The number of rotatable bonds is 11. The first kappa shape index (κ1) is 29.0. The fraction of sp³-hybridized carbons (Fsp3) is 1.00. The van der Waals surface area contributed by atoms with Crippen LogP contribution in [0.5, 0.6) is 0 Å². The van der Waals surface area contributed by atoms with Crippen molar-refractivity contribution in [1.29, 1.82) is 0 Å². The van der Waals surface area contributed by atoms with E-state index in [1.807, 2.05) is 13.8 Å². The van der Waals surface area contributed by atoms with Crippen molar-refractivity contribution in [3.63, 3.8) is 0 Å². The Labute approximate surface area is 220 Å². The van der Waals surface area contributed by atoms with Gasteiger partial charge in [-0.05, 0) is 118 Å². The molecule has 4 aliphatic rings. The maximum absolute atomic E-state index is 13.1. The summed E-state index contributed by atoms with van der Waals surface area (Å²) < 4.78 is 24.3. The van der Waals surface area contributed by atoms with Crippen LogP contribution in [0.1, 0.15) is 92.4 Å². The summed E-state index contributed by atoms with van der Waals surface area (Å²) in [5.41, 5.74) is 6.33.